The molecule has 0 bridgehead atoms. The molecule has 13 heteroatoms. The number of nitrogens with one attached hydrogen (secondary N) is 3. The first kappa shape index (κ1) is 29.7. The van der Waals surface area contributed by atoms with Gasteiger partial charge in [0.2, 0.25) is 0 Å². The van der Waals surface area contributed by atoms with Gasteiger partial charge in [-0.05, 0) is 87.2 Å². The van der Waals surface area contributed by atoms with E-state index in [1.807, 2.05) is 6.92 Å². The van der Waals surface area contributed by atoms with Gasteiger partial charge >= 0.3 is 12.1 Å². The fourth-order valence-electron chi connectivity index (χ4n) is 4.35. The second-order valence-corrected chi connectivity index (χ2v) is 9.74. The first-order chi connectivity index (χ1) is 19.4. The zero-order chi connectivity index (χ0) is 29.7. The highest BCUT2D eigenvalue weighted by atomic mass is 19.4. The van der Waals surface area contributed by atoms with E-state index in [1.54, 1.807) is 24.3 Å². The van der Waals surface area contributed by atoms with Crippen LogP contribution in [-0.4, -0.2) is 45.9 Å². The summed E-state index contributed by atoms with van der Waals surface area (Å²) in [5, 5.41) is 11.5. The van der Waals surface area contributed by atoms with E-state index in [2.05, 4.69) is 20.0 Å². The number of amidine groups is 1. The van der Waals surface area contributed by atoms with Gasteiger partial charge in [0.25, 0.3) is 0 Å². The summed E-state index contributed by atoms with van der Waals surface area (Å²) in [5.74, 6) is -1.92. The molecule has 0 radical (unpaired) electrons. The molecule has 4 rings (SSSR count). The van der Waals surface area contributed by atoms with Crippen LogP contribution in [0.1, 0.15) is 37.3 Å². The maximum absolute atomic E-state index is 15.3. The number of aromatic nitrogens is 3. The van der Waals surface area contributed by atoms with Crippen LogP contribution < -0.4 is 27.2 Å². The molecular formula is C28H31F4N7O2. The molecule has 2 heterocycles. The molecule has 218 valence electrons. The molecule has 1 atom stereocenters. The third-order valence-electron chi connectivity index (χ3n) is 6.36. The Morgan fingerprint density at radius 2 is 1.93 bits per heavy atom. The van der Waals surface area contributed by atoms with Crippen LogP contribution in [0.3, 0.4) is 0 Å². The third kappa shape index (κ3) is 7.50. The molecule has 4 aromatic rings. The van der Waals surface area contributed by atoms with Gasteiger partial charge in [-0.1, -0.05) is 0 Å². The summed E-state index contributed by atoms with van der Waals surface area (Å²) >= 11 is 0. The Balaban J connectivity index is 1.68. The molecule has 9 nitrogen and oxygen atoms in total. The quantitative estimate of drug-likeness (QED) is 0.0780. The van der Waals surface area contributed by atoms with Crippen LogP contribution >= 0.6 is 0 Å². The SMILES string of the molecule is C[C@H](N)CCCc1cc(OC(F)(F)F)c(F)c(-c2cc3cn(-c4ccc(C(=N)NCCCN)cc4)c(=O)nc3[nH]2)c1. The number of aromatic amines is 1. The molecule has 0 amide bonds. The van der Waals surface area contributed by atoms with Gasteiger partial charge in [-0.2, -0.15) is 4.98 Å². The van der Waals surface area contributed by atoms with Crippen molar-refractivity contribution in [3.8, 4) is 22.7 Å². The van der Waals surface area contributed by atoms with Crippen molar-refractivity contribution in [1.29, 1.82) is 5.41 Å². The Hall–Kier alpha value is -4.23. The molecule has 7 N–H and O–H groups in total. The van der Waals surface area contributed by atoms with E-state index >= 15 is 4.39 Å². The number of H-pyrrole nitrogens is 1. The Kier molecular flexibility index (Phi) is 9.08. The number of benzene rings is 2. The van der Waals surface area contributed by atoms with Crippen LogP contribution in [0.4, 0.5) is 17.6 Å². The van der Waals surface area contributed by atoms with Crippen LogP contribution in [0.2, 0.25) is 0 Å². The van der Waals surface area contributed by atoms with Gasteiger partial charge in [-0.25, -0.2) is 9.18 Å². The number of nitrogens with zero attached hydrogens (tertiary/aromatic N) is 2. The molecule has 0 aliphatic carbocycles. The van der Waals surface area contributed by atoms with E-state index in [9.17, 15) is 18.0 Å². The maximum Gasteiger partial charge on any atom is 0.573 e. The smallest absolute Gasteiger partial charge is 0.403 e. The van der Waals surface area contributed by atoms with Crippen molar-refractivity contribution >= 4 is 16.9 Å². The van der Waals surface area contributed by atoms with Crippen LogP contribution in [0.15, 0.2) is 53.5 Å². The molecule has 0 saturated heterocycles. The van der Waals surface area contributed by atoms with Crippen molar-refractivity contribution in [2.45, 2.75) is 45.0 Å². The van der Waals surface area contributed by atoms with Crippen LogP contribution in [0.5, 0.6) is 5.75 Å². The first-order valence-corrected chi connectivity index (χ1v) is 13.0. The standard InChI is InChI=1S/C28H31F4N7O2/c1-16(34)4-2-5-17-12-21(24(29)23(13-17)41-28(30,31)32)22-14-19-15-39(27(40)38-26(19)37-22)20-8-6-18(7-9-20)25(35)36-11-3-10-33/h6-9,12-16H,2-5,10-11,33-34H2,1H3,(H2,35,36)(H,37,38,40)/t16-/m0/s1. The number of halogens is 4. The van der Waals surface area contributed by atoms with E-state index < -0.39 is 23.6 Å². The summed E-state index contributed by atoms with van der Waals surface area (Å²) in [6.07, 6.45) is -1.27. The number of ether oxygens (including phenoxy) is 1. The molecule has 2 aromatic heterocycles. The Labute approximate surface area is 233 Å². The van der Waals surface area contributed by atoms with Crippen molar-refractivity contribution in [3.63, 3.8) is 0 Å². The maximum atomic E-state index is 15.3. The van der Waals surface area contributed by atoms with Gasteiger partial charge in [-0.15, -0.1) is 13.2 Å². The Morgan fingerprint density at radius 1 is 1.20 bits per heavy atom. The zero-order valence-corrected chi connectivity index (χ0v) is 22.3. The van der Waals surface area contributed by atoms with E-state index in [0.29, 0.717) is 54.6 Å². The predicted molar refractivity (Wildman–Crippen MR) is 149 cm³/mol. The number of hydrogen-bond donors (Lipinski definition) is 5. The molecule has 2 aromatic carbocycles. The molecule has 0 fully saturated rings. The summed E-state index contributed by atoms with van der Waals surface area (Å²) in [6, 6.07) is 10.6. The number of nitrogens with two attached hydrogens (primary N) is 2. The molecule has 41 heavy (non-hydrogen) atoms. The average Bonchev–Trinajstić information content (AvgIpc) is 3.31. The minimum absolute atomic E-state index is 0.0880. The van der Waals surface area contributed by atoms with E-state index in [1.165, 1.54) is 22.9 Å². The largest absolute Gasteiger partial charge is 0.573 e. The molecule has 0 spiro atoms. The van der Waals surface area contributed by atoms with Crippen molar-refractivity contribution in [3.05, 3.63) is 76.1 Å². The highest BCUT2D eigenvalue weighted by molar-refractivity contribution is 5.96. The number of fused-ring (bicyclic) bond motifs is 1. The first-order valence-electron chi connectivity index (χ1n) is 13.0. The van der Waals surface area contributed by atoms with Crippen LogP contribution in [0, 0.1) is 11.2 Å². The number of aryl methyl sites for hydroxylation is 1. The van der Waals surface area contributed by atoms with Gasteiger partial charge in [0, 0.05) is 35.3 Å². The molecule has 0 unspecified atom stereocenters. The lowest BCUT2D eigenvalue weighted by atomic mass is 10.0. The monoisotopic (exact) mass is 573 g/mol. The minimum atomic E-state index is -5.08. The fraction of sp³-hybridized carbons (Fsp3) is 0.321. The van der Waals surface area contributed by atoms with Crippen molar-refractivity contribution in [2.24, 2.45) is 11.5 Å². The summed E-state index contributed by atoms with van der Waals surface area (Å²) in [5.41, 5.74) is 12.3. The predicted octanol–water partition coefficient (Wildman–Crippen LogP) is 4.35. The van der Waals surface area contributed by atoms with Gasteiger partial charge in [0.05, 0.1) is 11.4 Å². The minimum Gasteiger partial charge on any atom is -0.403 e. The number of hydrogen-bond acceptors (Lipinski definition) is 6. The Morgan fingerprint density at radius 3 is 2.59 bits per heavy atom. The number of rotatable bonds is 11. The third-order valence-corrected chi connectivity index (χ3v) is 6.36. The number of alkyl halides is 3. The lowest BCUT2D eigenvalue weighted by Crippen LogP contribution is -2.26. The highest BCUT2D eigenvalue weighted by Gasteiger charge is 2.33. The van der Waals surface area contributed by atoms with Gasteiger partial charge < -0.3 is 26.5 Å². The van der Waals surface area contributed by atoms with Crippen molar-refractivity contribution in [2.75, 3.05) is 13.1 Å². The van der Waals surface area contributed by atoms with E-state index in [-0.39, 0.29) is 28.8 Å². The normalized spacial score (nSPS) is 12.5. The highest BCUT2D eigenvalue weighted by Crippen LogP contribution is 2.35. The van der Waals surface area contributed by atoms with Crippen LogP contribution in [0.25, 0.3) is 28.0 Å². The second kappa shape index (κ2) is 12.5. The lowest BCUT2D eigenvalue weighted by Gasteiger charge is -2.14. The van der Waals surface area contributed by atoms with E-state index in [0.717, 1.165) is 12.5 Å². The van der Waals surface area contributed by atoms with Crippen molar-refractivity contribution < 1.29 is 22.3 Å². The molecular weight excluding hydrogens is 542 g/mol. The summed E-state index contributed by atoms with van der Waals surface area (Å²) < 4.78 is 59.6. The molecule has 0 aliphatic rings. The van der Waals surface area contributed by atoms with Crippen LogP contribution in [-0.2, 0) is 6.42 Å². The fourth-order valence-corrected chi connectivity index (χ4v) is 4.35. The van der Waals surface area contributed by atoms with E-state index in [4.69, 9.17) is 16.9 Å². The molecule has 0 aliphatic heterocycles. The average molecular weight is 574 g/mol. The summed E-state index contributed by atoms with van der Waals surface area (Å²) in [4.78, 5) is 19.7. The van der Waals surface area contributed by atoms with Crippen molar-refractivity contribution in [1.82, 2.24) is 19.9 Å². The zero-order valence-electron chi connectivity index (χ0n) is 22.3. The lowest BCUT2D eigenvalue weighted by molar-refractivity contribution is -0.275. The topological polar surface area (TPSA) is 148 Å². The summed E-state index contributed by atoms with van der Waals surface area (Å²) in [6.45, 7) is 2.89. The Bertz CT molecular complexity index is 1580. The summed E-state index contributed by atoms with van der Waals surface area (Å²) in [7, 11) is 0. The van der Waals surface area contributed by atoms with Gasteiger partial charge in [-0.3, -0.25) is 9.98 Å². The second-order valence-electron chi connectivity index (χ2n) is 9.74. The van der Waals surface area contributed by atoms with Gasteiger partial charge in [0.1, 0.15) is 11.5 Å². The van der Waals surface area contributed by atoms with Gasteiger partial charge in [0.15, 0.2) is 11.6 Å². The molecule has 0 saturated carbocycles.